The van der Waals surface area contributed by atoms with Crippen LogP contribution in [0.4, 0.5) is 28.4 Å². The topological polar surface area (TPSA) is 146 Å². The number of carboxylic acids is 1. The number of carboxylic acid groups (broad SMARTS) is 1. The lowest BCUT2D eigenvalue weighted by Crippen LogP contribution is -2.46. The number of nitro benzene ring substituents is 1. The van der Waals surface area contributed by atoms with E-state index in [1.165, 1.54) is 6.07 Å². The highest BCUT2D eigenvalue weighted by Gasteiger charge is 2.41. The Bertz CT molecular complexity index is 2850. The molecule has 3 aliphatic rings. The molecule has 1 aromatic heterocycles. The van der Waals surface area contributed by atoms with Crippen molar-refractivity contribution in [3.8, 4) is 22.4 Å². The number of morpholine rings is 1. The normalized spacial score (nSPS) is 18.1. The van der Waals surface area contributed by atoms with Crippen molar-refractivity contribution in [2.45, 2.75) is 44.2 Å². The Hall–Kier alpha value is -5.80. The Morgan fingerprint density at radius 1 is 0.814 bits per heavy atom. The summed E-state index contributed by atoms with van der Waals surface area (Å²) in [5.41, 5.74) is 7.27. The van der Waals surface area contributed by atoms with Crippen molar-refractivity contribution in [2.24, 2.45) is 0 Å². The zero-order valence-corrected chi connectivity index (χ0v) is 42.2. The van der Waals surface area contributed by atoms with Crippen LogP contribution in [0.15, 0.2) is 126 Å². The number of rotatable bonds is 17. The van der Waals surface area contributed by atoms with Crippen LogP contribution in [0.5, 0.6) is 0 Å². The molecule has 14 nitrogen and oxygen atoms in total. The zero-order valence-electron chi connectivity index (χ0n) is 39.7. The lowest BCUT2D eigenvalue weighted by atomic mass is 9.96. The van der Waals surface area contributed by atoms with Gasteiger partial charge in [-0.15, -0.1) is 11.8 Å². The Morgan fingerprint density at radius 2 is 1.50 bits per heavy atom. The zero-order chi connectivity index (χ0) is 48.9. The van der Waals surface area contributed by atoms with Crippen LogP contribution in [-0.2, 0) is 13.8 Å². The minimum absolute atomic E-state index is 0.0188. The van der Waals surface area contributed by atoms with E-state index in [9.17, 15) is 24.6 Å². The number of nitro groups is 1. The molecule has 0 aliphatic carbocycles. The first-order valence-corrected chi connectivity index (χ1v) is 26.8. The van der Waals surface area contributed by atoms with Crippen molar-refractivity contribution in [2.75, 3.05) is 97.7 Å². The van der Waals surface area contributed by atoms with Crippen molar-refractivity contribution in [1.82, 2.24) is 9.47 Å². The van der Waals surface area contributed by atoms with E-state index in [-0.39, 0.29) is 29.7 Å². The fraction of sp³-hybridized carbons (Fsp3) is 0.340. The molecule has 0 radical (unpaired) electrons. The molecule has 1 unspecified atom stereocenters. The van der Waals surface area contributed by atoms with Gasteiger partial charge < -0.3 is 34.1 Å². The largest absolute Gasteiger partial charge is 0.478 e. The summed E-state index contributed by atoms with van der Waals surface area (Å²) in [6.07, 6.45) is 0.784. The number of hydrogen-bond acceptors (Lipinski definition) is 11. The van der Waals surface area contributed by atoms with E-state index in [0.29, 0.717) is 58.7 Å². The fourth-order valence-corrected chi connectivity index (χ4v) is 13.3. The number of thioether (sulfide) groups is 1. The van der Waals surface area contributed by atoms with Gasteiger partial charge in [-0.2, -0.15) is 0 Å². The van der Waals surface area contributed by atoms with Gasteiger partial charge in [-0.25, -0.2) is 4.79 Å². The Morgan fingerprint density at radius 3 is 2.17 bits per heavy atom. The molecule has 0 bridgehead atoms. The Balaban J connectivity index is 0.887. The second-order valence-electron chi connectivity index (χ2n) is 18.1. The maximum absolute atomic E-state index is 14.9. The van der Waals surface area contributed by atoms with Gasteiger partial charge in [-0.05, 0) is 111 Å². The fourth-order valence-electron chi connectivity index (χ4n) is 9.91. The first-order valence-electron chi connectivity index (χ1n) is 23.9. The van der Waals surface area contributed by atoms with Gasteiger partial charge in [0, 0.05) is 108 Å². The van der Waals surface area contributed by atoms with Crippen molar-refractivity contribution in [3.05, 3.63) is 148 Å². The molecule has 5 aromatic carbocycles. The first kappa shape index (κ1) is 49.2. The number of carbonyl (C=O) groups is 1. The first-order chi connectivity index (χ1) is 33.9. The van der Waals surface area contributed by atoms with Gasteiger partial charge in [0.15, 0.2) is 0 Å². The molecule has 3 saturated heterocycles. The average molecular weight is 1000 g/mol. The summed E-state index contributed by atoms with van der Waals surface area (Å²) in [5.74, 6) is -0.257. The van der Waals surface area contributed by atoms with Crippen LogP contribution in [0.3, 0.4) is 0 Å². The van der Waals surface area contributed by atoms with E-state index in [4.69, 9.17) is 20.9 Å². The molecule has 9 rings (SSSR count). The minimum Gasteiger partial charge on any atom is -0.478 e. The van der Waals surface area contributed by atoms with E-state index in [1.54, 1.807) is 28.6 Å². The van der Waals surface area contributed by atoms with Crippen LogP contribution in [0.1, 0.15) is 42.4 Å². The minimum atomic E-state index is -3.69. The Kier molecular flexibility index (Phi) is 15.2. The molecule has 0 saturated carbocycles. The lowest BCUT2D eigenvalue weighted by Gasteiger charge is -2.37. The number of nitrogens with one attached hydrogen (secondary N) is 1. The molecule has 2 N–H and O–H groups in total. The number of nitrogens with zero attached hydrogens (tertiary/aromatic N) is 6. The van der Waals surface area contributed by atoms with Crippen LogP contribution in [-0.4, -0.2) is 109 Å². The quantitative estimate of drug-likeness (QED) is 0.0387. The third-order valence-corrected chi connectivity index (χ3v) is 17.4. The smallest absolute Gasteiger partial charge is 0.338 e. The maximum Gasteiger partial charge on any atom is 0.338 e. The van der Waals surface area contributed by atoms with E-state index in [1.807, 2.05) is 85.8 Å². The second kappa shape index (κ2) is 21.7. The maximum atomic E-state index is 14.9. The molecule has 366 valence electrons. The molecule has 2 atom stereocenters. The van der Waals surface area contributed by atoms with E-state index < -0.39 is 18.4 Å². The summed E-state index contributed by atoms with van der Waals surface area (Å²) < 4.78 is 30.3. The van der Waals surface area contributed by atoms with Crippen molar-refractivity contribution in [3.63, 3.8) is 0 Å². The number of anilines is 4. The molecule has 4 heterocycles. The SMILES string of the molecule is Cc1c(C(=O)O)c(-c2cccc(N3CCN(c4ccc(N5CCO[P@@]5(=O)c5ccc(NC(CCN6CCOCC6)CSc6ccccc6)c([N+](=O)[O-])c5)cc4)CC3)c2)c(-c2ccc(Cl)cc2)n1C(C)C. The van der Waals surface area contributed by atoms with Gasteiger partial charge in [-0.1, -0.05) is 54.1 Å². The predicted octanol–water partition coefficient (Wildman–Crippen LogP) is 10.9. The van der Waals surface area contributed by atoms with Crippen molar-refractivity contribution >= 4 is 70.6 Å². The molecular formula is C53H59ClN7O7PS. The van der Waals surface area contributed by atoms with Gasteiger partial charge in [-0.3, -0.25) is 24.2 Å². The molecule has 3 fully saturated rings. The average Bonchev–Trinajstić information content (AvgIpc) is 3.93. The van der Waals surface area contributed by atoms with Crippen LogP contribution < -0.4 is 25.1 Å². The second-order valence-corrected chi connectivity index (χ2v) is 22.0. The monoisotopic (exact) mass is 1000 g/mol. The summed E-state index contributed by atoms with van der Waals surface area (Å²) in [4.78, 5) is 33.3. The summed E-state index contributed by atoms with van der Waals surface area (Å²) in [6, 6.07) is 38.6. The predicted molar refractivity (Wildman–Crippen MR) is 283 cm³/mol. The highest BCUT2D eigenvalue weighted by molar-refractivity contribution is 7.99. The van der Waals surface area contributed by atoms with Gasteiger partial charge >= 0.3 is 13.5 Å². The van der Waals surface area contributed by atoms with Gasteiger partial charge in [0.25, 0.3) is 5.69 Å². The van der Waals surface area contributed by atoms with Crippen LogP contribution in [0.25, 0.3) is 22.4 Å². The molecule has 0 amide bonds. The molecule has 0 spiro atoms. The van der Waals surface area contributed by atoms with Gasteiger partial charge in [0.05, 0.1) is 47.9 Å². The van der Waals surface area contributed by atoms with E-state index in [2.05, 4.69) is 62.7 Å². The number of aromatic carboxylic acids is 1. The highest BCUT2D eigenvalue weighted by atomic mass is 35.5. The van der Waals surface area contributed by atoms with Crippen LogP contribution in [0.2, 0.25) is 5.02 Å². The standard InChI is InChI=1S/C53H59ClN7O7PS/c1-37(2)60-38(3)50(53(62)63)51(52(60)39-12-14-41(54)15-13-39)40-8-7-9-45(34-40)58-26-24-57(25-27-58)43-16-18-44(19-17-43)59-30-33-68-69(59,66)46-20-21-48(49(35-46)61(64)65)55-42(22-23-56-28-31-67-32-29-56)36-70-47-10-5-4-6-11-47/h4-21,34-35,37,42,55H,22-33,36H2,1-3H3,(H,62,63)/t42?,69-/m0/s1. The van der Waals surface area contributed by atoms with Gasteiger partial charge in [0.1, 0.15) is 5.69 Å². The number of piperazine rings is 1. The van der Waals surface area contributed by atoms with Gasteiger partial charge in [0.2, 0.25) is 0 Å². The summed E-state index contributed by atoms with van der Waals surface area (Å²) >= 11 is 7.99. The number of aromatic nitrogens is 1. The third kappa shape index (κ3) is 10.6. The van der Waals surface area contributed by atoms with Crippen molar-refractivity contribution < 1.29 is 28.7 Å². The van der Waals surface area contributed by atoms with Crippen molar-refractivity contribution in [1.29, 1.82) is 0 Å². The third-order valence-electron chi connectivity index (χ3n) is 13.4. The lowest BCUT2D eigenvalue weighted by molar-refractivity contribution is -0.383. The highest BCUT2D eigenvalue weighted by Crippen LogP contribution is 2.56. The summed E-state index contributed by atoms with van der Waals surface area (Å²) in [7, 11) is -3.69. The molecule has 70 heavy (non-hydrogen) atoms. The molecule has 3 aliphatic heterocycles. The number of ether oxygens (including phenoxy) is 1. The molecule has 17 heteroatoms. The van der Waals surface area contributed by atoms with Crippen LogP contribution in [0, 0.1) is 17.0 Å². The number of halogens is 1. The Labute approximate surface area is 418 Å². The summed E-state index contributed by atoms with van der Waals surface area (Å²) in [5, 5.41) is 27.6. The van der Waals surface area contributed by atoms with E-state index >= 15 is 0 Å². The molecule has 6 aromatic rings. The molecular weight excluding hydrogens is 945 g/mol. The van der Waals surface area contributed by atoms with E-state index in [0.717, 1.165) is 85.3 Å². The number of hydrogen-bond donors (Lipinski definition) is 2. The van der Waals surface area contributed by atoms with Crippen LogP contribution >= 0.6 is 30.9 Å². The number of benzene rings is 5. The summed E-state index contributed by atoms with van der Waals surface area (Å²) in [6.45, 7) is 13.5.